The number of hydrogen-bond acceptors (Lipinski definition) is 4. The summed E-state index contributed by atoms with van der Waals surface area (Å²) in [5.74, 6) is -0.888. The second kappa shape index (κ2) is 8.13. The maximum Gasteiger partial charge on any atom is 0.336 e. The van der Waals surface area contributed by atoms with Crippen LogP contribution in [-0.2, 0) is 4.74 Å². The number of carbonyl (C=O) groups is 1. The number of fused-ring (bicyclic) bond motifs is 1. The van der Waals surface area contributed by atoms with E-state index in [0.717, 1.165) is 46.7 Å². The van der Waals surface area contributed by atoms with Gasteiger partial charge in [0.2, 0.25) is 0 Å². The second-order valence-electron chi connectivity index (χ2n) is 8.12. The van der Waals surface area contributed by atoms with Crippen LogP contribution in [0.5, 0.6) is 0 Å². The first-order valence-electron chi connectivity index (χ1n) is 10.4. The van der Waals surface area contributed by atoms with E-state index in [0.29, 0.717) is 18.8 Å². The molecule has 1 aliphatic rings. The second-order valence-corrected chi connectivity index (χ2v) is 8.12. The van der Waals surface area contributed by atoms with Crippen LogP contribution in [0.1, 0.15) is 34.6 Å². The van der Waals surface area contributed by atoms with Gasteiger partial charge >= 0.3 is 5.97 Å². The van der Waals surface area contributed by atoms with Crippen LogP contribution in [-0.4, -0.2) is 60.8 Å². The number of anilines is 1. The minimum absolute atomic E-state index is 0.0899. The average Bonchev–Trinajstić information content (AvgIpc) is 3.16. The zero-order valence-electron chi connectivity index (χ0n) is 18.1. The van der Waals surface area contributed by atoms with E-state index >= 15 is 0 Å². The molecule has 1 atom stereocenters. The van der Waals surface area contributed by atoms with Crippen molar-refractivity contribution < 1.29 is 14.6 Å². The van der Waals surface area contributed by atoms with Gasteiger partial charge in [-0.2, -0.15) is 0 Å². The highest BCUT2D eigenvalue weighted by Crippen LogP contribution is 2.34. The van der Waals surface area contributed by atoms with Gasteiger partial charge in [-0.15, -0.1) is 0 Å². The van der Waals surface area contributed by atoms with E-state index in [1.807, 2.05) is 27.1 Å². The number of carboxylic acids is 1. The van der Waals surface area contributed by atoms with Gasteiger partial charge in [0.25, 0.3) is 0 Å². The number of aromatic nitrogens is 1. The molecule has 0 radical (unpaired) electrons. The molecule has 1 saturated heterocycles. The molecule has 1 aromatic carbocycles. The van der Waals surface area contributed by atoms with Crippen molar-refractivity contribution >= 4 is 17.2 Å². The fourth-order valence-electron chi connectivity index (χ4n) is 4.42. The molecule has 0 bridgehead atoms. The highest BCUT2D eigenvalue weighted by molar-refractivity contribution is 5.94. The van der Waals surface area contributed by atoms with Crippen LogP contribution < -0.4 is 4.90 Å². The summed E-state index contributed by atoms with van der Waals surface area (Å²) in [6.45, 7) is 7.19. The van der Waals surface area contributed by atoms with Crippen molar-refractivity contribution in [2.45, 2.75) is 19.9 Å². The van der Waals surface area contributed by atoms with Gasteiger partial charge in [0.05, 0.1) is 24.3 Å². The summed E-state index contributed by atoms with van der Waals surface area (Å²) in [4.78, 5) is 16.5. The van der Waals surface area contributed by atoms with Crippen molar-refractivity contribution in [2.24, 2.45) is 0 Å². The number of rotatable bonds is 5. The zero-order chi connectivity index (χ0) is 21.4. The summed E-state index contributed by atoms with van der Waals surface area (Å²) < 4.78 is 7.67. The molecule has 2 aromatic heterocycles. The third-order valence-corrected chi connectivity index (χ3v) is 6.17. The number of morpholine rings is 1. The normalized spacial score (nSPS) is 16.0. The van der Waals surface area contributed by atoms with Crippen LogP contribution in [0.2, 0.25) is 0 Å². The minimum atomic E-state index is -0.888. The van der Waals surface area contributed by atoms with Crippen molar-refractivity contribution in [3.05, 3.63) is 59.4 Å². The Bertz CT molecular complexity index is 1060. The van der Waals surface area contributed by atoms with Crippen molar-refractivity contribution in [3.8, 4) is 11.1 Å². The van der Waals surface area contributed by atoms with E-state index in [9.17, 15) is 9.90 Å². The van der Waals surface area contributed by atoms with Gasteiger partial charge in [-0.05, 0) is 49.2 Å². The predicted octanol–water partition coefficient (Wildman–Crippen LogP) is 4.07. The van der Waals surface area contributed by atoms with Gasteiger partial charge in [0.15, 0.2) is 0 Å². The van der Waals surface area contributed by atoms with Crippen molar-refractivity contribution in [1.82, 2.24) is 9.30 Å². The number of benzene rings is 1. The molecule has 4 rings (SSSR count). The topological polar surface area (TPSA) is 57.4 Å². The fraction of sp³-hybridized carbons (Fsp3) is 0.375. The molecule has 3 heterocycles. The summed E-state index contributed by atoms with van der Waals surface area (Å²) in [7, 11) is 4.04. The van der Waals surface area contributed by atoms with Crippen LogP contribution in [0.3, 0.4) is 0 Å². The van der Waals surface area contributed by atoms with Crippen LogP contribution in [0.15, 0.2) is 42.6 Å². The summed E-state index contributed by atoms with van der Waals surface area (Å²) in [5, 5.41) is 9.89. The molecule has 0 spiro atoms. The van der Waals surface area contributed by atoms with E-state index < -0.39 is 5.97 Å². The third kappa shape index (κ3) is 3.57. The lowest BCUT2D eigenvalue weighted by Crippen LogP contribution is -2.39. The van der Waals surface area contributed by atoms with E-state index in [4.69, 9.17) is 4.74 Å². The molecule has 30 heavy (non-hydrogen) atoms. The molecule has 0 amide bonds. The molecule has 6 heteroatoms. The van der Waals surface area contributed by atoms with Crippen molar-refractivity contribution in [3.63, 3.8) is 0 Å². The Morgan fingerprint density at radius 2 is 1.80 bits per heavy atom. The van der Waals surface area contributed by atoms with Crippen molar-refractivity contribution in [2.75, 3.05) is 45.3 Å². The molecular weight excluding hydrogens is 378 g/mol. The summed E-state index contributed by atoms with van der Waals surface area (Å²) in [6.07, 6.45) is 2.06. The van der Waals surface area contributed by atoms with Gasteiger partial charge in [-0.3, -0.25) is 4.90 Å². The Balaban J connectivity index is 1.87. The average molecular weight is 408 g/mol. The van der Waals surface area contributed by atoms with Crippen LogP contribution in [0.4, 0.5) is 5.69 Å². The molecule has 6 nitrogen and oxygen atoms in total. The molecule has 1 N–H and O–H groups in total. The number of aromatic carboxylic acids is 1. The van der Waals surface area contributed by atoms with E-state index in [-0.39, 0.29) is 6.04 Å². The highest BCUT2D eigenvalue weighted by atomic mass is 16.5. The molecule has 1 aliphatic heterocycles. The first-order valence-corrected chi connectivity index (χ1v) is 10.4. The lowest BCUT2D eigenvalue weighted by molar-refractivity contribution is 0.0187. The number of ether oxygens (including phenoxy) is 1. The lowest BCUT2D eigenvalue weighted by atomic mass is 9.99. The Kier molecular flexibility index (Phi) is 5.54. The third-order valence-electron chi connectivity index (χ3n) is 6.17. The number of carboxylic acid groups (broad SMARTS) is 1. The zero-order valence-corrected chi connectivity index (χ0v) is 18.1. The molecule has 1 fully saturated rings. The fourth-order valence-corrected chi connectivity index (χ4v) is 4.42. The predicted molar refractivity (Wildman–Crippen MR) is 120 cm³/mol. The standard InChI is InChI=1S/C24H29N3O3/c1-16-21(24(28)29)15-22-20(18-5-7-19(8-6-18)25(3)4)9-10-27(22)23(16)17(2)26-11-13-30-14-12-26/h5-10,15,17H,11-14H2,1-4H3,(H,28,29). The van der Waals surface area contributed by atoms with Gasteiger partial charge in [0.1, 0.15) is 0 Å². The molecule has 0 aliphatic carbocycles. The smallest absolute Gasteiger partial charge is 0.336 e. The quantitative estimate of drug-likeness (QED) is 0.691. The Morgan fingerprint density at radius 3 is 2.40 bits per heavy atom. The Morgan fingerprint density at radius 1 is 1.13 bits per heavy atom. The van der Waals surface area contributed by atoms with E-state index in [2.05, 4.69) is 57.7 Å². The van der Waals surface area contributed by atoms with Crippen molar-refractivity contribution in [1.29, 1.82) is 0 Å². The molecule has 158 valence electrons. The van der Waals surface area contributed by atoms with Gasteiger partial charge in [0, 0.05) is 56.4 Å². The van der Waals surface area contributed by atoms with Crippen LogP contribution in [0.25, 0.3) is 16.6 Å². The van der Waals surface area contributed by atoms with Gasteiger partial charge < -0.3 is 19.1 Å². The first kappa shape index (κ1) is 20.4. The van der Waals surface area contributed by atoms with E-state index in [1.54, 1.807) is 0 Å². The van der Waals surface area contributed by atoms with E-state index in [1.165, 1.54) is 0 Å². The Labute approximate surface area is 177 Å². The monoisotopic (exact) mass is 407 g/mol. The molecule has 0 saturated carbocycles. The van der Waals surface area contributed by atoms with Gasteiger partial charge in [-0.25, -0.2) is 4.79 Å². The maximum absolute atomic E-state index is 12.1. The van der Waals surface area contributed by atoms with Gasteiger partial charge in [-0.1, -0.05) is 12.1 Å². The molecule has 1 unspecified atom stereocenters. The van der Waals surface area contributed by atoms with Crippen LogP contribution in [0, 0.1) is 6.92 Å². The summed E-state index contributed by atoms with van der Waals surface area (Å²) in [5.41, 5.74) is 6.38. The molecule has 3 aromatic rings. The summed E-state index contributed by atoms with van der Waals surface area (Å²) in [6, 6.07) is 12.3. The lowest BCUT2D eigenvalue weighted by Gasteiger charge is -2.34. The number of nitrogens with zero attached hydrogens (tertiary/aromatic N) is 3. The SMILES string of the molecule is Cc1c(C(=O)O)cc2c(-c3ccc(N(C)C)cc3)ccn2c1C(C)N1CCOCC1. The number of pyridine rings is 1. The number of hydrogen-bond donors (Lipinski definition) is 1. The minimum Gasteiger partial charge on any atom is -0.478 e. The molecular formula is C24H29N3O3. The highest BCUT2D eigenvalue weighted by Gasteiger charge is 2.25. The Hall–Kier alpha value is -2.83. The first-order chi connectivity index (χ1) is 14.4. The maximum atomic E-state index is 12.1. The summed E-state index contributed by atoms with van der Waals surface area (Å²) >= 11 is 0. The van der Waals surface area contributed by atoms with Crippen LogP contribution >= 0.6 is 0 Å². The largest absolute Gasteiger partial charge is 0.478 e.